The van der Waals surface area contributed by atoms with Crippen molar-refractivity contribution in [3.8, 4) is 0 Å². The smallest absolute Gasteiger partial charge is 0.169 e. The molecule has 9 rings (SSSR count). The van der Waals surface area contributed by atoms with E-state index in [1.165, 1.54) is 0 Å². The lowest BCUT2D eigenvalue weighted by molar-refractivity contribution is 0.450. The van der Waals surface area contributed by atoms with Crippen LogP contribution in [0.3, 0.4) is 0 Å². The number of benzene rings is 4. The summed E-state index contributed by atoms with van der Waals surface area (Å²) in [6.07, 6.45) is 0. The zero-order valence-electron chi connectivity index (χ0n) is 31.0. The normalized spacial score (nSPS) is 12.9. The fourth-order valence-corrected chi connectivity index (χ4v) is 7.58. The van der Waals surface area contributed by atoms with Gasteiger partial charge in [-0.15, -0.1) is 0 Å². The molecule has 0 saturated heterocycles. The molecular weight excluding hydrogens is 888 g/mol. The second kappa shape index (κ2) is 15.0. The molecule has 4 nitrogen and oxygen atoms in total. The number of aromatic nitrogens is 4. The molecule has 0 amide bonds. The first-order chi connectivity index (χ1) is 30.4. The molecule has 324 valence electrons. The Morgan fingerprint density at radius 1 is 0.219 bits per heavy atom. The van der Waals surface area contributed by atoms with E-state index in [1.54, 1.807) is 0 Å². The van der Waals surface area contributed by atoms with Crippen LogP contribution in [0.1, 0.15) is 45.0 Å². The number of halogens is 16. The number of H-pyrrole nitrogens is 4. The van der Waals surface area contributed by atoms with Crippen molar-refractivity contribution in [2.75, 3.05) is 0 Å². The summed E-state index contributed by atoms with van der Waals surface area (Å²) in [5, 5.41) is -2.48. The predicted molar refractivity (Wildman–Crippen MR) is 193 cm³/mol. The third-order valence-electron chi connectivity index (χ3n) is 10.3. The van der Waals surface area contributed by atoms with E-state index >= 15 is 35.1 Å². The van der Waals surface area contributed by atoms with E-state index in [4.69, 9.17) is 0 Å². The standard InChI is InChI=1S/C44H16F16N4/c45-13-9-14(46)38(54)33(37(13)53)29-21-1-2-22(61-21)30(34-39(55)15(47)10-16(48)40(34)56)24-5-6-26(63-24)32(36-43(59)19(51)12-20(52)44(36)60)28-8-7-27(64-28)31(25-4-3-23(29)62-25)35-41(57)17(49)11-18(50)42(35)58/h1-12,61-64H. The highest BCUT2D eigenvalue weighted by Crippen LogP contribution is 2.35. The molecule has 64 heavy (non-hydrogen) atoms. The Kier molecular flexibility index (Phi) is 9.79. The average Bonchev–Trinajstić information content (AvgIpc) is 4.10. The molecule has 4 aromatic heterocycles. The van der Waals surface area contributed by atoms with E-state index in [2.05, 4.69) is 19.9 Å². The monoisotopic (exact) mass is 904 g/mol. The maximum atomic E-state index is 15.8. The van der Waals surface area contributed by atoms with Crippen LogP contribution in [-0.4, -0.2) is 19.9 Å². The van der Waals surface area contributed by atoms with Gasteiger partial charge in [-0.2, -0.15) is 0 Å². The topological polar surface area (TPSA) is 63.2 Å². The van der Waals surface area contributed by atoms with E-state index in [0.29, 0.717) is 0 Å². The lowest BCUT2D eigenvalue weighted by atomic mass is 10.0. The van der Waals surface area contributed by atoms with Crippen LogP contribution >= 0.6 is 0 Å². The number of hydrogen-bond acceptors (Lipinski definition) is 0. The van der Waals surface area contributed by atoms with Crippen LogP contribution in [0.4, 0.5) is 70.2 Å². The number of fused-ring (bicyclic) bond motifs is 8. The van der Waals surface area contributed by atoms with Gasteiger partial charge in [-0.25, -0.2) is 70.2 Å². The SMILES string of the molecule is Fc1cc(F)c(F)c(C2=c3ccc([nH]3)=C(c3c(F)c(F)cc(F)c3F)c3ccc([nH]3)C(c3c(F)c(F)cc(F)c3F)=c3ccc([nH]3)=C(c3c(F)c(F)cc(F)c3F)c3ccc2[nH]3)c1F. The number of aromatic amines is 4. The highest BCUT2D eigenvalue weighted by molar-refractivity contribution is 5.85. The molecule has 0 spiro atoms. The van der Waals surface area contributed by atoms with Crippen LogP contribution in [0.2, 0.25) is 0 Å². The first-order valence-electron chi connectivity index (χ1n) is 18.0. The summed E-state index contributed by atoms with van der Waals surface area (Å²) in [6.45, 7) is 0. The highest BCUT2D eigenvalue weighted by Gasteiger charge is 2.31. The predicted octanol–water partition coefficient (Wildman–Crippen LogP) is 8.53. The zero-order valence-corrected chi connectivity index (χ0v) is 31.0. The Morgan fingerprint density at radius 2 is 0.391 bits per heavy atom. The molecule has 0 aliphatic carbocycles. The van der Waals surface area contributed by atoms with Gasteiger partial charge in [0.15, 0.2) is 93.1 Å². The highest BCUT2D eigenvalue weighted by atomic mass is 19.2. The number of nitrogens with one attached hydrogen (secondary N) is 4. The van der Waals surface area contributed by atoms with Gasteiger partial charge in [0.25, 0.3) is 0 Å². The molecule has 1 aliphatic rings. The molecule has 0 fully saturated rings. The van der Waals surface area contributed by atoms with Gasteiger partial charge in [-0.1, -0.05) is 0 Å². The summed E-state index contributed by atoms with van der Waals surface area (Å²) in [5.74, 6) is -32.0. The quantitative estimate of drug-likeness (QED) is 0.101. The molecule has 8 bridgehead atoms. The van der Waals surface area contributed by atoms with Gasteiger partial charge in [0.1, 0.15) is 0 Å². The van der Waals surface area contributed by atoms with Gasteiger partial charge in [-0.05, 0) is 48.5 Å². The van der Waals surface area contributed by atoms with E-state index in [1.807, 2.05) is 0 Å². The van der Waals surface area contributed by atoms with E-state index < -0.39 is 182 Å². The minimum atomic E-state index is -2.04. The van der Waals surface area contributed by atoms with Gasteiger partial charge in [-0.3, -0.25) is 0 Å². The second-order valence-electron chi connectivity index (χ2n) is 14.0. The van der Waals surface area contributed by atoms with Crippen LogP contribution in [0.25, 0.3) is 22.3 Å². The lowest BCUT2D eigenvalue weighted by Crippen LogP contribution is -2.21. The van der Waals surface area contributed by atoms with Crippen LogP contribution in [0.15, 0.2) is 72.8 Å². The molecule has 20 heteroatoms. The van der Waals surface area contributed by atoms with E-state index in [9.17, 15) is 35.1 Å². The second-order valence-corrected chi connectivity index (χ2v) is 14.0. The van der Waals surface area contributed by atoms with Crippen LogP contribution in [-0.2, 0) is 0 Å². The van der Waals surface area contributed by atoms with Crippen molar-refractivity contribution < 1.29 is 70.2 Å². The van der Waals surface area contributed by atoms with Crippen molar-refractivity contribution >= 4 is 22.3 Å². The fourth-order valence-electron chi connectivity index (χ4n) is 7.58. The first-order valence-corrected chi connectivity index (χ1v) is 18.0. The molecule has 0 atom stereocenters. The van der Waals surface area contributed by atoms with Gasteiger partial charge in [0, 0.05) is 90.7 Å². The molecule has 0 saturated carbocycles. The van der Waals surface area contributed by atoms with Crippen molar-refractivity contribution in [3.63, 3.8) is 0 Å². The summed E-state index contributed by atoms with van der Waals surface area (Å²) in [4.78, 5) is 10.0. The molecule has 4 aromatic carbocycles. The summed E-state index contributed by atoms with van der Waals surface area (Å²) in [5.41, 5.74) is -12.0. The minimum absolute atomic E-state index is 0.150. The molecule has 1 aliphatic heterocycles. The summed E-state index contributed by atoms with van der Waals surface area (Å²) in [6, 6.07) is 6.52. The Morgan fingerprint density at radius 3 is 0.562 bits per heavy atom. The lowest BCUT2D eigenvalue weighted by Gasteiger charge is -2.13. The van der Waals surface area contributed by atoms with Crippen molar-refractivity contribution in [2.45, 2.75) is 0 Å². The number of hydrogen-bond donors (Lipinski definition) is 4. The average molecular weight is 905 g/mol. The Bertz CT molecular complexity index is 3030. The maximum Gasteiger partial charge on any atom is 0.169 e. The van der Waals surface area contributed by atoms with Crippen LogP contribution < -0.4 is 21.4 Å². The summed E-state index contributed by atoms with van der Waals surface area (Å²) >= 11 is 0. The van der Waals surface area contributed by atoms with Crippen LogP contribution in [0.5, 0.6) is 0 Å². The van der Waals surface area contributed by atoms with Crippen LogP contribution in [0, 0.1) is 93.1 Å². The van der Waals surface area contributed by atoms with Crippen molar-refractivity contribution in [1.82, 2.24) is 19.9 Å². The Balaban J connectivity index is 1.54. The van der Waals surface area contributed by atoms with E-state index in [0.717, 1.165) is 48.5 Å². The van der Waals surface area contributed by atoms with Gasteiger partial charge < -0.3 is 19.9 Å². The third-order valence-corrected chi connectivity index (χ3v) is 10.3. The zero-order chi connectivity index (χ0) is 45.8. The largest absolute Gasteiger partial charge is 0.354 e. The molecule has 4 N–H and O–H groups in total. The number of rotatable bonds is 4. The molecule has 0 unspecified atom stereocenters. The molecule has 5 heterocycles. The van der Waals surface area contributed by atoms with Gasteiger partial charge in [0.2, 0.25) is 0 Å². The first kappa shape index (κ1) is 41.7. The van der Waals surface area contributed by atoms with Gasteiger partial charge >= 0.3 is 0 Å². The van der Waals surface area contributed by atoms with Crippen molar-refractivity contribution in [1.29, 1.82) is 0 Å². The fraction of sp³-hybridized carbons (Fsp3) is 0. The molecule has 0 radical (unpaired) electrons. The maximum absolute atomic E-state index is 15.8. The Labute approximate surface area is 344 Å². The van der Waals surface area contributed by atoms with Crippen molar-refractivity contribution in [3.05, 3.63) is 232 Å². The third kappa shape index (κ3) is 6.33. The molecule has 8 aromatic rings. The summed E-state index contributed by atoms with van der Waals surface area (Å²) < 4.78 is 245. The Hall–Kier alpha value is -7.64. The summed E-state index contributed by atoms with van der Waals surface area (Å²) in [7, 11) is 0. The van der Waals surface area contributed by atoms with E-state index in [-0.39, 0.29) is 24.3 Å². The molecular formula is C44H16F16N4. The van der Waals surface area contributed by atoms with Crippen molar-refractivity contribution in [2.24, 2.45) is 0 Å². The van der Waals surface area contributed by atoms with Gasteiger partial charge in [0.05, 0.1) is 22.3 Å². The minimum Gasteiger partial charge on any atom is -0.354 e.